The molecule has 3 amide bonds. The monoisotopic (exact) mass is 493 g/mol. The second-order valence-electron chi connectivity index (χ2n) is 8.94. The summed E-state index contributed by atoms with van der Waals surface area (Å²) >= 11 is 0. The van der Waals surface area contributed by atoms with Crippen LogP contribution in [-0.2, 0) is 25.6 Å². The van der Waals surface area contributed by atoms with Gasteiger partial charge in [-0.3, -0.25) is 14.4 Å². The highest BCUT2D eigenvalue weighted by atomic mass is 16.4. The van der Waals surface area contributed by atoms with Crippen LogP contribution in [-0.4, -0.2) is 70.7 Å². The summed E-state index contributed by atoms with van der Waals surface area (Å²) in [6.07, 6.45) is 0.497. The molecule has 1 aromatic carbocycles. The van der Waals surface area contributed by atoms with E-state index in [0.717, 1.165) is 6.42 Å². The van der Waals surface area contributed by atoms with Gasteiger partial charge in [0.2, 0.25) is 17.7 Å². The van der Waals surface area contributed by atoms with Crippen molar-refractivity contribution in [2.24, 2.45) is 17.4 Å². The lowest BCUT2D eigenvalue weighted by molar-refractivity contribution is -0.143. The van der Waals surface area contributed by atoms with E-state index in [2.05, 4.69) is 16.0 Å². The molecule has 196 valence electrons. The number of aliphatic hydroxyl groups excluding tert-OH is 1. The van der Waals surface area contributed by atoms with E-state index in [-0.39, 0.29) is 12.3 Å². The minimum absolute atomic E-state index is 0.0229. The number of nitrogens with two attached hydrogens (primary N) is 2. The topological polar surface area (TPSA) is 197 Å². The Labute approximate surface area is 206 Å². The first-order valence-electron chi connectivity index (χ1n) is 11.8. The van der Waals surface area contributed by atoms with Crippen molar-refractivity contribution in [2.45, 2.75) is 76.7 Å². The zero-order chi connectivity index (χ0) is 26.5. The van der Waals surface area contributed by atoms with E-state index in [9.17, 15) is 29.4 Å². The van der Waals surface area contributed by atoms with Crippen LogP contribution in [0.2, 0.25) is 0 Å². The molecular formula is C24H39N5O6. The molecule has 0 heterocycles. The SMILES string of the molecule is CC(C)[C@H](NC(=O)[C@@H](N)CCCCN)C(=O)N[C@H](C(=O)N[C@@H](Cc1ccccc1)C(=O)O)[C@@H](C)O. The van der Waals surface area contributed by atoms with Crippen LogP contribution in [0.5, 0.6) is 0 Å². The van der Waals surface area contributed by atoms with Crippen LogP contribution in [0.4, 0.5) is 0 Å². The Morgan fingerprint density at radius 3 is 1.97 bits per heavy atom. The number of carboxylic acids is 1. The molecule has 5 atom stereocenters. The molecule has 0 aromatic heterocycles. The number of hydrogen-bond acceptors (Lipinski definition) is 7. The van der Waals surface area contributed by atoms with Gasteiger partial charge >= 0.3 is 5.97 Å². The molecule has 0 saturated heterocycles. The number of rotatable bonds is 15. The van der Waals surface area contributed by atoms with Gasteiger partial charge in [-0.15, -0.1) is 0 Å². The van der Waals surface area contributed by atoms with Crippen molar-refractivity contribution < 1.29 is 29.4 Å². The third-order valence-electron chi connectivity index (χ3n) is 5.51. The van der Waals surface area contributed by atoms with Crippen molar-refractivity contribution >= 4 is 23.7 Å². The van der Waals surface area contributed by atoms with Crippen LogP contribution in [0, 0.1) is 5.92 Å². The van der Waals surface area contributed by atoms with Gasteiger partial charge in [0.25, 0.3) is 0 Å². The lowest BCUT2D eigenvalue weighted by atomic mass is 10.0. The van der Waals surface area contributed by atoms with Crippen molar-refractivity contribution in [3.05, 3.63) is 35.9 Å². The highest BCUT2D eigenvalue weighted by Crippen LogP contribution is 2.08. The van der Waals surface area contributed by atoms with Gasteiger partial charge in [0, 0.05) is 6.42 Å². The van der Waals surface area contributed by atoms with E-state index in [0.29, 0.717) is 24.9 Å². The predicted molar refractivity (Wildman–Crippen MR) is 131 cm³/mol. The zero-order valence-electron chi connectivity index (χ0n) is 20.6. The van der Waals surface area contributed by atoms with Crippen LogP contribution >= 0.6 is 0 Å². The molecule has 1 aromatic rings. The third-order valence-corrected chi connectivity index (χ3v) is 5.51. The Bertz CT molecular complexity index is 833. The van der Waals surface area contributed by atoms with Crippen LogP contribution in [0.25, 0.3) is 0 Å². The van der Waals surface area contributed by atoms with Crippen molar-refractivity contribution in [2.75, 3.05) is 6.54 Å². The van der Waals surface area contributed by atoms with E-state index >= 15 is 0 Å². The van der Waals surface area contributed by atoms with Gasteiger partial charge in [0.05, 0.1) is 12.1 Å². The summed E-state index contributed by atoms with van der Waals surface area (Å²) in [6.45, 7) is 5.21. The number of carboxylic acid groups (broad SMARTS) is 1. The molecule has 9 N–H and O–H groups in total. The second kappa shape index (κ2) is 15.1. The number of hydrogen-bond donors (Lipinski definition) is 7. The predicted octanol–water partition coefficient (Wildman–Crippen LogP) is -0.739. The van der Waals surface area contributed by atoms with Gasteiger partial charge in [-0.05, 0) is 37.8 Å². The molecule has 11 heteroatoms. The van der Waals surface area contributed by atoms with Crippen molar-refractivity contribution in [1.29, 1.82) is 0 Å². The summed E-state index contributed by atoms with van der Waals surface area (Å²) in [7, 11) is 0. The third kappa shape index (κ3) is 10.4. The fraction of sp³-hybridized carbons (Fsp3) is 0.583. The summed E-state index contributed by atoms with van der Waals surface area (Å²) in [5.41, 5.74) is 12.1. The van der Waals surface area contributed by atoms with E-state index < -0.39 is 54.0 Å². The van der Waals surface area contributed by atoms with Crippen LogP contribution < -0.4 is 27.4 Å². The van der Waals surface area contributed by atoms with Crippen molar-refractivity contribution in [3.63, 3.8) is 0 Å². The van der Waals surface area contributed by atoms with E-state index in [1.807, 2.05) is 0 Å². The summed E-state index contributed by atoms with van der Waals surface area (Å²) in [5, 5.41) is 27.1. The first-order valence-corrected chi connectivity index (χ1v) is 11.8. The number of nitrogens with one attached hydrogen (secondary N) is 3. The Balaban J connectivity index is 2.87. The Kier molecular flexibility index (Phi) is 12.9. The molecule has 0 bridgehead atoms. The summed E-state index contributed by atoms with van der Waals surface area (Å²) in [4.78, 5) is 49.9. The number of carbonyl (C=O) groups is 4. The number of aliphatic carboxylic acids is 1. The van der Waals surface area contributed by atoms with Crippen molar-refractivity contribution in [3.8, 4) is 0 Å². The first kappa shape index (κ1) is 30.0. The number of aliphatic hydroxyl groups is 1. The smallest absolute Gasteiger partial charge is 0.326 e. The molecule has 35 heavy (non-hydrogen) atoms. The van der Waals surface area contributed by atoms with Gasteiger partial charge < -0.3 is 37.6 Å². The standard InChI is InChI=1S/C24H39N5O6/c1-14(2)19(28-21(31)17(26)11-7-8-12-25)22(32)29-20(15(3)30)23(33)27-18(24(34)35)13-16-9-5-4-6-10-16/h4-6,9-10,14-15,17-20,30H,7-8,11-13,25-26H2,1-3H3,(H,27,33)(H,28,31)(H,29,32)(H,34,35)/t15-,17+,18+,19+,20+/m1/s1. The van der Waals surface area contributed by atoms with E-state index in [4.69, 9.17) is 11.5 Å². The number of amides is 3. The Hall–Kier alpha value is -3.02. The maximum Gasteiger partial charge on any atom is 0.326 e. The lowest BCUT2D eigenvalue weighted by Gasteiger charge is -2.28. The quantitative estimate of drug-likeness (QED) is 0.155. The molecule has 0 aliphatic rings. The molecule has 0 radical (unpaired) electrons. The Morgan fingerprint density at radius 2 is 1.46 bits per heavy atom. The number of unbranched alkanes of at least 4 members (excludes halogenated alkanes) is 1. The van der Waals surface area contributed by atoms with Gasteiger partial charge in [-0.25, -0.2) is 4.79 Å². The fourth-order valence-electron chi connectivity index (χ4n) is 3.39. The first-order chi connectivity index (χ1) is 16.5. The van der Waals surface area contributed by atoms with E-state index in [1.165, 1.54) is 6.92 Å². The molecule has 0 aliphatic carbocycles. The maximum atomic E-state index is 12.9. The van der Waals surface area contributed by atoms with Crippen LogP contribution in [0.15, 0.2) is 30.3 Å². The highest BCUT2D eigenvalue weighted by Gasteiger charge is 2.33. The van der Waals surface area contributed by atoms with Crippen LogP contribution in [0.3, 0.4) is 0 Å². The highest BCUT2D eigenvalue weighted by molar-refractivity contribution is 5.94. The minimum atomic E-state index is -1.43. The summed E-state index contributed by atoms with van der Waals surface area (Å²) in [6, 6.07) is 4.20. The van der Waals surface area contributed by atoms with Crippen LogP contribution in [0.1, 0.15) is 45.6 Å². The molecule has 0 saturated carbocycles. The molecule has 0 spiro atoms. The van der Waals surface area contributed by atoms with Gasteiger partial charge in [0.1, 0.15) is 18.1 Å². The normalized spacial score (nSPS) is 15.4. The molecule has 1 rings (SSSR count). The maximum absolute atomic E-state index is 12.9. The zero-order valence-corrected chi connectivity index (χ0v) is 20.6. The van der Waals surface area contributed by atoms with Gasteiger partial charge in [-0.2, -0.15) is 0 Å². The summed E-state index contributed by atoms with van der Waals surface area (Å²) in [5.74, 6) is -3.67. The largest absolute Gasteiger partial charge is 0.480 e. The lowest BCUT2D eigenvalue weighted by Crippen LogP contribution is -2.61. The number of benzene rings is 1. The second-order valence-corrected chi connectivity index (χ2v) is 8.94. The average molecular weight is 494 g/mol. The Morgan fingerprint density at radius 1 is 0.886 bits per heavy atom. The van der Waals surface area contributed by atoms with Gasteiger partial charge in [0.15, 0.2) is 0 Å². The minimum Gasteiger partial charge on any atom is -0.480 e. The van der Waals surface area contributed by atoms with Gasteiger partial charge in [-0.1, -0.05) is 50.6 Å². The molecule has 0 unspecified atom stereocenters. The molecule has 11 nitrogen and oxygen atoms in total. The molecule has 0 aliphatic heterocycles. The molecule has 0 fully saturated rings. The fourth-order valence-corrected chi connectivity index (χ4v) is 3.39. The average Bonchev–Trinajstić information content (AvgIpc) is 2.80. The summed E-state index contributed by atoms with van der Waals surface area (Å²) < 4.78 is 0. The molecular weight excluding hydrogens is 454 g/mol. The van der Waals surface area contributed by atoms with Crippen molar-refractivity contribution in [1.82, 2.24) is 16.0 Å². The van der Waals surface area contributed by atoms with E-state index in [1.54, 1.807) is 44.2 Å². The number of carbonyl (C=O) groups excluding carboxylic acids is 3.